The minimum atomic E-state index is 0.00182. The molecule has 4 nitrogen and oxygen atoms in total. The molecular formula is C19H30N2O2. The smallest absolute Gasteiger partial charge is 0.255 e. The summed E-state index contributed by atoms with van der Waals surface area (Å²) < 4.78 is 7.60. The fourth-order valence-electron chi connectivity index (χ4n) is 4.89. The van der Waals surface area contributed by atoms with Crippen LogP contribution < -0.4 is 0 Å². The highest BCUT2D eigenvalue weighted by Crippen LogP contribution is 2.62. The van der Waals surface area contributed by atoms with E-state index < -0.39 is 0 Å². The largest absolute Gasteiger partial charge is 0.384 e. The molecule has 2 atom stereocenters. The molecule has 0 N–H and O–H groups in total. The van der Waals surface area contributed by atoms with Crippen LogP contribution in [0.3, 0.4) is 0 Å². The van der Waals surface area contributed by atoms with Crippen LogP contribution in [0.2, 0.25) is 0 Å². The normalized spacial score (nSPS) is 29.3. The SMILES string of the molecule is COC[C@@]12CN(C(=O)c3ccn(C(C)(C)C)c3)C[C@@H]1C(C)(C)C2. The van der Waals surface area contributed by atoms with Gasteiger partial charge in [-0.05, 0) is 44.6 Å². The number of nitrogens with zero attached hydrogens (tertiary/aromatic N) is 2. The Hall–Kier alpha value is -1.29. The molecule has 23 heavy (non-hydrogen) atoms. The van der Waals surface area contributed by atoms with Gasteiger partial charge in [-0.15, -0.1) is 0 Å². The van der Waals surface area contributed by atoms with Gasteiger partial charge in [0, 0.05) is 43.5 Å². The van der Waals surface area contributed by atoms with Crippen LogP contribution in [-0.4, -0.2) is 42.2 Å². The van der Waals surface area contributed by atoms with E-state index in [0.717, 1.165) is 31.7 Å². The first kappa shape index (κ1) is 16.6. The second kappa shape index (κ2) is 5.10. The summed E-state index contributed by atoms with van der Waals surface area (Å²) in [5.41, 5.74) is 1.28. The molecule has 1 saturated heterocycles. The predicted molar refractivity (Wildman–Crippen MR) is 91.5 cm³/mol. The molecule has 1 aliphatic heterocycles. The molecular weight excluding hydrogens is 288 g/mol. The molecule has 0 radical (unpaired) electrons. The molecule has 0 aromatic carbocycles. The number of carbonyl (C=O) groups excluding carboxylic acids is 1. The minimum absolute atomic E-state index is 0.00182. The fourth-order valence-corrected chi connectivity index (χ4v) is 4.89. The van der Waals surface area contributed by atoms with Gasteiger partial charge in [-0.2, -0.15) is 0 Å². The van der Waals surface area contributed by atoms with Crippen molar-refractivity contribution in [1.29, 1.82) is 0 Å². The van der Waals surface area contributed by atoms with Gasteiger partial charge >= 0.3 is 0 Å². The van der Waals surface area contributed by atoms with Gasteiger partial charge in [-0.1, -0.05) is 13.8 Å². The van der Waals surface area contributed by atoms with E-state index in [4.69, 9.17) is 4.74 Å². The molecule has 1 aromatic rings. The van der Waals surface area contributed by atoms with Crippen molar-refractivity contribution in [2.75, 3.05) is 26.8 Å². The molecule has 2 fully saturated rings. The van der Waals surface area contributed by atoms with E-state index in [2.05, 4.69) is 39.2 Å². The van der Waals surface area contributed by atoms with E-state index in [1.165, 1.54) is 0 Å². The summed E-state index contributed by atoms with van der Waals surface area (Å²) in [6.45, 7) is 13.5. The third-order valence-corrected chi connectivity index (χ3v) is 5.83. The lowest BCUT2D eigenvalue weighted by Gasteiger charge is -2.56. The maximum atomic E-state index is 12.9. The molecule has 2 aliphatic rings. The van der Waals surface area contributed by atoms with Gasteiger partial charge in [0.05, 0.1) is 12.2 Å². The first-order chi connectivity index (χ1) is 10.6. The quantitative estimate of drug-likeness (QED) is 0.856. The van der Waals surface area contributed by atoms with Crippen molar-refractivity contribution in [1.82, 2.24) is 9.47 Å². The predicted octanol–water partition coefficient (Wildman–Crippen LogP) is 3.38. The average Bonchev–Trinajstić information content (AvgIpc) is 3.01. The minimum Gasteiger partial charge on any atom is -0.384 e. The second-order valence-electron chi connectivity index (χ2n) is 9.18. The summed E-state index contributed by atoms with van der Waals surface area (Å²) in [6, 6.07) is 1.95. The Kier molecular flexibility index (Phi) is 3.67. The molecule has 1 aromatic heterocycles. The van der Waals surface area contributed by atoms with Crippen molar-refractivity contribution in [3.05, 3.63) is 24.0 Å². The Labute approximate surface area is 139 Å². The van der Waals surface area contributed by atoms with Crippen LogP contribution in [0.5, 0.6) is 0 Å². The van der Waals surface area contributed by atoms with Crippen molar-refractivity contribution >= 4 is 5.91 Å². The molecule has 0 unspecified atom stereocenters. The third kappa shape index (κ3) is 2.61. The topological polar surface area (TPSA) is 34.5 Å². The molecule has 1 amide bonds. The number of hydrogen-bond acceptors (Lipinski definition) is 2. The van der Waals surface area contributed by atoms with Crippen molar-refractivity contribution in [2.45, 2.75) is 46.6 Å². The zero-order valence-corrected chi connectivity index (χ0v) is 15.3. The molecule has 128 valence electrons. The summed E-state index contributed by atoms with van der Waals surface area (Å²) >= 11 is 0. The third-order valence-electron chi connectivity index (χ3n) is 5.83. The van der Waals surface area contributed by atoms with Crippen molar-refractivity contribution in [3.63, 3.8) is 0 Å². The number of methoxy groups -OCH3 is 1. The second-order valence-corrected chi connectivity index (χ2v) is 9.18. The van der Waals surface area contributed by atoms with Crippen LogP contribution >= 0.6 is 0 Å². The van der Waals surface area contributed by atoms with Crippen LogP contribution in [0, 0.1) is 16.7 Å². The summed E-state index contributed by atoms with van der Waals surface area (Å²) in [4.78, 5) is 15.0. The highest BCUT2D eigenvalue weighted by atomic mass is 16.5. The van der Waals surface area contributed by atoms with Crippen LogP contribution in [0.4, 0.5) is 0 Å². The summed E-state index contributed by atoms with van der Waals surface area (Å²) in [6.07, 6.45) is 5.13. The van der Waals surface area contributed by atoms with Crippen molar-refractivity contribution in [2.24, 2.45) is 16.7 Å². The molecule has 4 heteroatoms. The van der Waals surface area contributed by atoms with Gasteiger partial charge in [0.15, 0.2) is 0 Å². The number of likely N-dealkylation sites (tertiary alicyclic amines) is 1. The average molecular weight is 318 g/mol. The number of ether oxygens (including phenoxy) is 1. The standard InChI is InChI=1S/C19H30N2O2/c1-17(2,3)21-8-7-14(9-21)16(22)20-10-15-18(4,5)11-19(15,12-20)13-23-6/h7-9,15H,10-13H2,1-6H3/t15-,19-/m1/s1. The maximum absolute atomic E-state index is 12.9. The van der Waals surface area contributed by atoms with E-state index in [1.54, 1.807) is 7.11 Å². The Morgan fingerprint density at radius 1 is 1.39 bits per heavy atom. The summed E-state index contributed by atoms with van der Waals surface area (Å²) in [5, 5.41) is 0. The maximum Gasteiger partial charge on any atom is 0.255 e. The first-order valence-corrected chi connectivity index (χ1v) is 8.56. The summed E-state index contributed by atoms with van der Waals surface area (Å²) in [5.74, 6) is 0.706. The lowest BCUT2D eigenvalue weighted by molar-refractivity contribution is -0.107. The van der Waals surface area contributed by atoms with E-state index in [1.807, 2.05) is 23.4 Å². The van der Waals surface area contributed by atoms with Gasteiger partial charge in [0.25, 0.3) is 5.91 Å². The Balaban J connectivity index is 1.78. The van der Waals surface area contributed by atoms with Crippen molar-refractivity contribution < 1.29 is 9.53 Å². The van der Waals surface area contributed by atoms with Crippen LogP contribution in [-0.2, 0) is 10.3 Å². The zero-order valence-electron chi connectivity index (χ0n) is 15.3. The number of amides is 1. The highest BCUT2D eigenvalue weighted by Gasteiger charge is 2.63. The molecule has 0 spiro atoms. The highest BCUT2D eigenvalue weighted by molar-refractivity contribution is 5.94. The number of hydrogen-bond donors (Lipinski definition) is 0. The lowest BCUT2D eigenvalue weighted by atomic mass is 9.48. The molecule has 2 heterocycles. The van der Waals surface area contributed by atoms with E-state index in [0.29, 0.717) is 11.3 Å². The van der Waals surface area contributed by atoms with Gasteiger partial charge < -0.3 is 14.2 Å². The lowest BCUT2D eigenvalue weighted by Crippen LogP contribution is -2.55. The van der Waals surface area contributed by atoms with Gasteiger partial charge in [-0.25, -0.2) is 0 Å². The summed E-state index contributed by atoms with van der Waals surface area (Å²) in [7, 11) is 1.77. The molecule has 1 aliphatic carbocycles. The number of carbonyl (C=O) groups is 1. The van der Waals surface area contributed by atoms with Gasteiger partial charge in [0.1, 0.15) is 0 Å². The van der Waals surface area contributed by atoms with E-state index in [9.17, 15) is 4.79 Å². The van der Waals surface area contributed by atoms with Gasteiger partial charge in [-0.3, -0.25) is 4.79 Å². The Morgan fingerprint density at radius 2 is 2.09 bits per heavy atom. The van der Waals surface area contributed by atoms with Crippen LogP contribution in [0.25, 0.3) is 0 Å². The van der Waals surface area contributed by atoms with E-state index in [-0.39, 0.29) is 16.9 Å². The van der Waals surface area contributed by atoms with Crippen LogP contribution in [0.1, 0.15) is 51.4 Å². The van der Waals surface area contributed by atoms with Gasteiger partial charge in [0.2, 0.25) is 0 Å². The zero-order chi connectivity index (χ0) is 17.0. The monoisotopic (exact) mass is 318 g/mol. The van der Waals surface area contributed by atoms with E-state index >= 15 is 0 Å². The fraction of sp³-hybridized carbons (Fsp3) is 0.737. The molecule has 0 bridgehead atoms. The first-order valence-electron chi connectivity index (χ1n) is 8.56. The number of rotatable bonds is 3. The Morgan fingerprint density at radius 3 is 2.61 bits per heavy atom. The molecule has 1 saturated carbocycles. The molecule has 3 rings (SSSR count). The van der Waals surface area contributed by atoms with Crippen molar-refractivity contribution in [3.8, 4) is 0 Å². The van der Waals surface area contributed by atoms with Crippen LogP contribution in [0.15, 0.2) is 18.5 Å². The Bertz CT molecular complexity index is 611. The number of fused-ring (bicyclic) bond motifs is 1. The number of aromatic nitrogens is 1.